The van der Waals surface area contributed by atoms with Gasteiger partial charge in [0.05, 0.1) is 35.9 Å². The number of ether oxygens (including phenoxy) is 1. The Morgan fingerprint density at radius 3 is 2.33 bits per heavy atom. The number of furan rings is 1. The number of aromatic nitrogens is 1. The van der Waals surface area contributed by atoms with E-state index in [2.05, 4.69) is 59.9 Å². The van der Waals surface area contributed by atoms with E-state index in [1.54, 1.807) is 7.11 Å². The summed E-state index contributed by atoms with van der Waals surface area (Å²) in [5.41, 5.74) is 6.64. The van der Waals surface area contributed by atoms with E-state index in [4.69, 9.17) is 16.0 Å². The highest BCUT2D eigenvalue weighted by Crippen LogP contribution is 2.45. The summed E-state index contributed by atoms with van der Waals surface area (Å²) in [6.07, 6.45) is 0. The molecule has 3 aromatic heterocycles. The summed E-state index contributed by atoms with van der Waals surface area (Å²) in [6, 6.07) is 23.4. The highest BCUT2D eigenvalue weighted by molar-refractivity contribution is 6.27. The monoisotopic (exact) mass is 506 g/mol. The SMILES string of the molecule is [2H]c1c([2H])c([2H])c(-c2ccc3c(c2)c2c(OC)ccc4c5cc6cc7c(cc6cc5n3c42)oc2cc(C)ccc27)c([2H])c1[2H]. The topological polar surface area (TPSA) is 26.8 Å². The number of benzene rings is 6. The molecule has 0 radical (unpaired) electrons. The van der Waals surface area contributed by atoms with E-state index in [1.165, 1.54) is 0 Å². The Balaban J connectivity index is 1.38. The van der Waals surface area contributed by atoms with Gasteiger partial charge in [-0.15, -0.1) is 0 Å². The van der Waals surface area contributed by atoms with E-state index in [0.717, 1.165) is 76.4 Å². The number of aryl methyl sites for hydroxylation is 1. The number of rotatable bonds is 2. The molecule has 0 atom stereocenters. The molecular formula is C36H23NO2. The summed E-state index contributed by atoms with van der Waals surface area (Å²) in [6.45, 7) is 2.06. The van der Waals surface area contributed by atoms with Crippen LogP contribution in [0.25, 0.3) is 81.9 Å². The number of fused-ring (bicyclic) bond motifs is 10. The van der Waals surface area contributed by atoms with Crippen LogP contribution < -0.4 is 4.74 Å². The van der Waals surface area contributed by atoms with Gasteiger partial charge in [0.2, 0.25) is 0 Å². The van der Waals surface area contributed by atoms with Crippen molar-refractivity contribution in [3.8, 4) is 16.9 Å². The first kappa shape index (κ1) is 16.7. The van der Waals surface area contributed by atoms with Crippen molar-refractivity contribution in [2.45, 2.75) is 6.92 Å². The summed E-state index contributed by atoms with van der Waals surface area (Å²) in [5, 5.41) is 8.41. The van der Waals surface area contributed by atoms with E-state index in [1.807, 2.05) is 24.3 Å². The van der Waals surface area contributed by atoms with E-state index in [-0.39, 0.29) is 29.7 Å². The Morgan fingerprint density at radius 1 is 0.667 bits per heavy atom. The highest BCUT2D eigenvalue weighted by atomic mass is 16.5. The van der Waals surface area contributed by atoms with Crippen molar-refractivity contribution in [1.82, 2.24) is 4.40 Å². The molecule has 0 fully saturated rings. The van der Waals surface area contributed by atoms with Crippen LogP contribution in [0.5, 0.6) is 5.75 Å². The Labute approximate surface area is 230 Å². The second kappa shape index (κ2) is 7.30. The van der Waals surface area contributed by atoms with Gasteiger partial charge in [0.15, 0.2) is 0 Å². The molecule has 0 aliphatic rings. The first-order valence-electron chi connectivity index (χ1n) is 15.4. The lowest BCUT2D eigenvalue weighted by atomic mass is 10.00. The molecule has 3 nitrogen and oxygen atoms in total. The van der Waals surface area contributed by atoms with Gasteiger partial charge >= 0.3 is 0 Å². The van der Waals surface area contributed by atoms with Crippen LogP contribution in [-0.4, -0.2) is 11.5 Å². The van der Waals surface area contributed by atoms with Crippen LogP contribution in [0, 0.1) is 6.92 Å². The molecule has 0 spiro atoms. The van der Waals surface area contributed by atoms with Crippen molar-refractivity contribution < 1.29 is 16.0 Å². The lowest BCUT2D eigenvalue weighted by Gasteiger charge is -2.06. The maximum Gasteiger partial charge on any atom is 0.136 e. The van der Waals surface area contributed by atoms with Gasteiger partial charge in [0, 0.05) is 26.9 Å². The molecule has 0 unspecified atom stereocenters. The Kier molecular flexibility index (Phi) is 3.13. The van der Waals surface area contributed by atoms with E-state index in [9.17, 15) is 0 Å². The maximum absolute atomic E-state index is 8.54. The second-order valence-electron chi connectivity index (χ2n) is 10.3. The van der Waals surface area contributed by atoms with E-state index < -0.39 is 6.04 Å². The van der Waals surface area contributed by atoms with Gasteiger partial charge in [-0.3, -0.25) is 0 Å². The number of methoxy groups -OCH3 is 1. The minimum atomic E-state index is -0.402. The van der Waals surface area contributed by atoms with Gasteiger partial charge < -0.3 is 13.6 Å². The molecule has 0 aliphatic heterocycles. The molecule has 3 heterocycles. The summed E-state index contributed by atoms with van der Waals surface area (Å²) in [7, 11) is 1.65. The van der Waals surface area contributed by atoms with Gasteiger partial charge in [-0.2, -0.15) is 0 Å². The first-order valence-corrected chi connectivity index (χ1v) is 12.9. The third-order valence-corrected chi connectivity index (χ3v) is 8.11. The van der Waals surface area contributed by atoms with Crippen LogP contribution >= 0.6 is 0 Å². The van der Waals surface area contributed by atoms with Crippen LogP contribution in [0.4, 0.5) is 0 Å². The second-order valence-corrected chi connectivity index (χ2v) is 10.3. The number of hydrogen-bond acceptors (Lipinski definition) is 2. The molecule has 9 aromatic rings. The normalized spacial score (nSPS) is 14.2. The van der Waals surface area contributed by atoms with Crippen molar-refractivity contribution in [3.63, 3.8) is 0 Å². The van der Waals surface area contributed by atoms with E-state index >= 15 is 0 Å². The zero-order valence-electron chi connectivity index (χ0n) is 26.2. The Morgan fingerprint density at radius 2 is 1.46 bits per heavy atom. The fraction of sp³-hybridized carbons (Fsp3) is 0.0556. The minimum Gasteiger partial charge on any atom is -0.496 e. The molecule has 0 amide bonds. The van der Waals surface area contributed by atoms with Crippen LogP contribution in [0.3, 0.4) is 0 Å². The largest absolute Gasteiger partial charge is 0.496 e. The quantitative estimate of drug-likeness (QED) is 0.233. The van der Waals surface area contributed by atoms with Crippen LogP contribution in [0.2, 0.25) is 0 Å². The average molecular weight is 507 g/mol. The zero-order chi connectivity index (χ0) is 30.2. The standard InChI is InChI=1S/C36H23NO2/c1-20-8-10-25-28-17-23-16-27-26-11-13-32(38-2)35-29-15-22(21-6-4-3-5-7-21)9-12-30(29)37(36(26)35)31(27)18-24(23)19-34(28)39-33(25)14-20/h3-19H,1-2H3/i3D,4D,5D,6D,7D. The van der Waals surface area contributed by atoms with Crippen LogP contribution in [0.15, 0.2) is 107 Å². The molecule has 0 bridgehead atoms. The molecule has 0 aliphatic carbocycles. The fourth-order valence-electron chi connectivity index (χ4n) is 6.37. The molecule has 0 N–H and O–H groups in total. The molecule has 39 heavy (non-hydrogen) atoms. The molecule has 3 heteroatoms. The summed E-state index contributed by atoms with van der Waals surface area (Å²) in [5.74, 6) is 0.711. The third-order valence-electron chi connectivity index (χ3n) is 8.11. The molecule has 6 aromatic carbocycles. The summed E-state index contributed by atoms with van der Waals surface area (Å²) >= 11 is 0. The predicted octanol–water partition coefficient (Wildman–Crippen LogP) is 9.87. The van der Waals surface area contributed by atoms with Crippen molar-refractivity contribution >= 4 is 70.8 Å². The van der Waals surface area contributed by atoms with Crippen molar-refractivity contribution in [2.24, 2.45) is 0 Å². The fourth-order valence-corrected chi connectivity index (χ4v) is 6.37. The number of nitrogens with zero attached hydrogens (tertiary/aromatic N) is 1. The maximum atomic E-state index is 8.54. The van der Waals surface area contributed by atoms with Gasteiger partial charge in [-0.1, -0.05) is 48.4 Å². The molecule has 9 rings (SSSR count). The smallest absolute Gasteiger partial charge is 0.136 e. The zero-order valence-corrected chi connectivity index (χ0v) is 21.2. The highest BCUT2D eigenvalue weighted by Gasteiger charge is 2.21. The summed E-state index contributed by atoms with van der Waals surface area (Å²) < 4.78 is 55.8. The molecule has 0 saturated heterocycles. The summed E-state index contributed by atoms with van der Waals surface area (Å²) in [4.78, 5) is 0. The lowest BCUT2D eigenvalue weighted by molar-refractivity contribution is 0.420. The van der Waals surface area contributed by atoms with Gasteiger partial charge in [-0.05, 0) is 89.0 Å². The van der Waals surface area contributed by atoms with Crippen LogP contribution in [-0.2, 0) is 0 Å². The number of hydrogen-bond donors (Lipinski definition) is 0. The molecule has 184 valence electrons. The predicted molar refractivity (Wildman–Crippen MR) is 163 cm³/mol. The van der Waals surface area contributed by atoms with Crippen molar-refractivity contribution in [1.29, 1.82) is 0 Å². The first-order chi connectivity index (χ1) is 21.2. The molecular weight excluding hydrogens is 478 g/mol. The van der Waals surface area contributed by atoms with Crippen molar-refractivity contribution in [3.05, 3.63) is 109 Å². The molecule has 0 saturated carbocycles. The van der Waals surface area contributed by atoms with Gasteiger partial charge in [0.25, 0.3) is 0 Å². The van der Waals surface area contributed by atoms with Gasteiger partial charge in [0.1, 0.15) is 16.9 Å². The lowest BCUT2D eigenvalue weighted by Crippen LogP contribution is -1.84. The minimum absolute atomic E-state index is 0.183. The average Bonchev–Trinajstić information content (AvgIpc) is 3.66. The Hall–Kier alpha value is -5.02. The van der Waals surface area contributed by atoms with Gasteiger partial charge in [-0.25, -0.2) is 0 Å². The third kappa shape index (κ3) is 2.71. The van der Waals surface area contributed by atoms with Crippen LogP contribution in [0.1, 0.15) is 12.4 Å². The van der Waals surface area contributed by atoms with E-state index in [0.29, 0.717) is 11.3 Å². The van der Waals surface area contributed by atoms with Crippen molar-refractivity contribution in [2.75, 3.05) is 7.11 Å². The Bertz CT molecular complexity index is 2690.